The Morgan fingerprint density at radius 1 is 1.53 bits per heavy atom. The van der Waals surface area contributed by atoms with Gasteiger partial charge in [-0.2, -0.15) is 21.9 Å². The predicted molar refractivity (Wildman–Crippen MR) is 51.6 cm³/mol. The third kappa shape index (κ3) is 4.57. The number of nitrogens with one attached hydrogen (secondary N) is 1. The first-order valence-electron chi connectivity index (χ1n) is 4.54. The van der Waals surface area contributed by atoms with Crippen LogP contribution in [0, 0.1) is 0 Å². The summed E-state index contributed by atoms with van der Waals surface area (Å²) in [5.41, 5.74) is 0.713. The largest absolute Gasteiger partial charge is 0.389 e. The summed E-state index contributed by atoms with van der Waals surface area (Å²) in [6, 6.07) is -0.133. The molecule has 15 heavy (non-hydrogen) atoms. The molecule has 0 aliphatic carbocycles. The molecule has 1 heterocycles. The van der Waals surface area contributed by atoms with Crippen LogP contribution in [0.15, 0.2) is 6.20 Å². The van der Waals surface area contributed by atoms with Gasteiger partial charge in [-0.05, 0) is 19.9 Å². The van der Waals surface area contributed by atoms with Crippen molar-refractivity contribution in [3.05, 3.63) is 11.9 Å². The van der Waals surface area contributed by atoms with Crippen LogP contribution in [0.5, 0.6) is 0 Å². The second kappa shape index (κ2) is 5.41. The number of rotatable bonds is 5. The third-order valence-electron chi connectivity index (χ3n) is 2.04. The first-order chi connectivity index (χ1) is 7.03. The molecule has 0 aliphatic rings. The van der Waals surface area contributed by atoms with E-state index in [1.54, 1.807) is 13.2 Å². The average molecular weight is 239 g/mol. The van der Waals surface area contributed by atoms with Crippen LogP contribution in [0.3, 0.4) is 0 Å². The van der Waals surface area contributed by atoms with E-state index in [1.807, 2.05) is 0 Å². The molecule has 0 spiro atoms. The van der Waals surface area contributed by atoms with Crippen LogP contribution in [0.1, 0.15) is 31.0 Å². The third-order valence-corrected chi connectivity index (χ3v) is 2.53. The maximum atomic E-state index is 11.9. The minimum absolute atomic E-state index is 0.104. The Hall–Kier alpha value is -0.690. The molecule has 0 fully saturated rings. The molecular formula is C8H12F3N3S. The number of hydrogen-bond donors (Lipinski definition) is 1. The second-order valence-corrected chi connectivity index (χ2v) is 3.74. The van der Waals surface area contributed by atoms with Crippen LogP contribution >= 0.6 is 11.7 Å². The van der Waals surface area contributed by atoms with Gasteiger partial charge in [-0.3, -0.25) is 0 Å². The van der Waals surface area contributed by atoms with Gasteiger partial charge in [0.1, 0.15) is 0 Å². The van der Waals surface area contributed by atoms with E-state index in [2.05, 4.69) is 14.1 Å². The fourth-order valence-corrected chi connectivity index (χ4v) is 1.74. The summed E-state index contributed by atoms with van der Waals surface area (Å²) >= 11 is 1.06. The molecule has 1 aromatic heterocycles. The molecule has 0 aromatic carbocycles. The summed E-state index contributed by atoms with van der Waals surface area (Å²) < 4.78 is 43.5. The van der Waals surface area contributed by atoms with E-state index in [-0.39, 0.29) is 12.5 Å². The second-order valence-electron chi connectivity index (χ2n) is 3.18. The number of nitrogens with zero attached hydrogens (tertiary/aromatic N) is 2. The van der Waals surface area contributed by atoms with Gasteiger partial charge in [0.05, 0.1) is 29.7 Å². The summed E-state index contributed by atoms with van der Waals surface area (Å²) in [4.78, 5) is 0. The average Bonchev–Trinajstić information content (AvgIpc) is 2.63. The Morgan fingerprint density at radius 3 is 2.73 bits per heavy atom. The molecule has 0 saturated carbocycles. The summed E-state index contributed by atoms with van der Waals surface area (Å²) in [7, 11) is 1.71. The molecule has 0 bridgehead atoms. The van der Waals surface area contributed by atoms with Crippen molar-refractivity contribution >= 4 is 11.7 Å². The van der Waals surface area contributed by atoms with Crippen LogP contribution in [-0.2, 0) is 0 Å². The Labute approximate surface area is 90.0 Å². The Morgan fingerprint density at radius 2 is 2.27 bits per heavy atom. The van der Waals surface area contributed by atoms with Crippen molar-refractivity contribution in [2.24, 2.45) is 0 Å². The van der Waals surface area contributed by atoms with Gasteiger partial charge in [-0.1, -0.05) is 0 Å². The van der Waals surface area contributed by atoms with Crippen LogP contribution in [0.2, 0.25) is 0 Å². The van der Waals surface area contributed by atoms with Gasteiger partial charge in [-0.15, -0.1) is 0 Å². The summed E-state index contributed by atoms with van der Waals surface area (Å²) in [6.07, 6.45) is -2.71. The van der Waals surface area contributed by atoms with Crippen LogP contribution in [0.25, 0.3) is 0 Å². The lowest BCUT2D eigenvalue weighted by Gasteiger charge is -2.13. The Balaban J connectivity index is 2.36. The van der Waals surface area contributed by atoms with Gasteiger partial charge in [0.2, 0.25) is 0 Å². The topological polar surface area (TPSA) is 37.8 Å². The van der Waals surface area contributed by atoms with E-state index in [9.17, 15) is 13.2 Å². The van der Waals surface area contributed by atoms with Crippen molar-refractivity contribution < 1.29 is 13.2 Å². The minimum Gasteiger partial charge on any atom is -0.312 e. The van der Waals surface area contributed by atoms with Gasteiger partial charge in [0.15, 0.2) is 0 Å². The molecule has 0 radical (unpaired) electrons. The van der Waals surface area contributed by atoms with E-state index >= 15 is 0 Å². The molecule has 1 atom stereocenters. The smallest absolute Gasteiger partial charge is 0.312 e. The molecule has 1 unspecified atom stereocenters. The zero-order chi connectivity index (χ0) is 11.3. The van der Waals surface area contributed by atoms with Crippen molar-refractivity contribution in [1.29, 1.82) is 0 Å². The van der Waals surface area contributed by atoms with Crippen molar-refractivity contribution in [3.8, 4) is 0 Å². The molecule has 3 nitrogen and oxygen atoms in total. The van der Waals surface area contributed by atoms with Crippen molar-refractivity contribution in [1.82, 2.24) is 14.1 Å². The highest BCUT2D eigenvalue weighted by Crippen LogP contribution is 2.25. The molecule has 1 aromatic rings. The van der Waals surface area contributed by atoms with Gasteiger partial charge in [-0.25, -0.2) is 0 Å². The van der Waals surface area contributed by atoms with Gasteiger partial charge in [0, 0.05) is 6.42 Å². The fourth-order valence-electron chi connectivity index (χ4n) is 1.27. The summed E-state index contributed by atoms with van der Waals surface area (Å²) in [5, 5.41) is 2.93. The monoisotopic (exact) mass is 239 g/mol. The SMILES string of the molecule is CNC(CCCC(F)(F)F)c1cnsn1. The molecule has 1 rings (SSSR count). The van der Waals surface area contributed by atoms with E-state index in [0.29, 0.717) is 12.1 Å². The minimum atomic E-state index is -4.07. The molecule has 0 saturated heterocycles. The Kier molecular flexibility index (Phi) is 4.46. The summed E-state index contributed by atoms with van der Waals surface area (Å²) in [6.45, 7) is 0. The summed E-state index contributed by atoms with van der Waals surface area (Å²) in [5.74, 6) is 0. The van der Waals surface area contributed by atoms with Gasteiger partial charge < -0.3 is 5.32 Å². The normalized spacial score (nSPS) is 14.1. The molecular weight excluding hydrogens is 227 g/mol. The molecule has 86 valence electrons. The number of hydrogen-bond acceptors (Lipinski definition) is 4. The lowest BCUT2D eigenvalue weighted by atomic mass is 10.1. The van der Waals surface area contributed by atoms with Crippen LogP contribution in [0.4, 0.5) is 13.2 Å². The maximum absolute atomic E-state index is 11.9. The number of halogens is 3. The molecule has 0 aliphatic heterocycles. The Bertz CT molecular complexity index is 273. The maximum Gasteiger partial charge on any atom is 0.389 e. The quantitative estimate of drug-likeness (QED) is 0.858. The highest BCUT2D eigenvalue weighted by molar-refractivity contribution is 6.99. The van der Waals surface area contributed by atoms with Gasteiger partial charge in [0.25, 0.3) is 0 Å². The van der Waals surface area contributed by atoms with Crippen molar-refractivity contribution in [3.63, 3.8) is 0 Å². The fraction of sp³-hybridized carbons (Fsp3) is 0.750. The van der Waals surface area contributed by atoms with Crippen LogP contribution in [-0.4, -0.2) is 22.0 Å². The lowest BCUT2D eigenvalue weighted by molar-refractivity contribution is -0.135. The van der Waals surface area contributed by atoms with E-state index < -0.39 is 12.6 Å². The van der Waals surface area contributed by atoms with Crippen molar-refractivity contribution in [2.75, 3.05) is 7.05 Å². The first kappa shape index (κ1) is 12.4. The molecule has 1 N–H and O–H groups in total. The van der Waals surface area contributed by atoms with Crippen LogP contribution < -0.4 is 5.32 Å². The van der Waals surface area contributed by atoms with E-state index in [0.717, 1.165) is 11.7 Å². The highest BCUT2D eigenvalue weighted by Gasteiger charge is 2.26. The first-order valence-corrected chi connectivity index (χ1v) is 5.27. The van der Waals surface area contributed by atoms with E-state index in [1.165, 1.54) is 0 Å². The number of alkyl halides is 3. The van der Waals surface area contributed by atoms with E-state index in [4.69, 9.17) is 0 Å². The van der Waals surface area contributed by atoms with Crippen molar-refractivity contribution in [2.45, 2.75) is 31.5 Å². The number of aromatic nitrogens is 2. The zero-order valence-electron chi connectivity index (χ0n) is 8.21. The zero-order valence-corrected chi connectivity index (χ0v) is 9.03. The lowest BCUT2D eigenvalue weighted by Crippen LogP contribution is -2.17. The standard InChI is InChI=1S/C8H12F3N3S/c1-12-6(7-5-13-15-14-7)3-2-4-8(9,10)11/h5-6,12H,2-4H2,1H3. The highest BCUT2D eigenvalue weighted by atomic mass is 32.1. The predicted octanol–water partition coefficient (Wildman–Crippen LogP) is 2.53. The molecule has 7 heteroatoms. The molecule has 0 amide bonds. The van der Waals surface area contributed by atoms with Gasteiger partial charge >= 0.3 is 6.18 Å².